The van der Waals surface area contributed by atoms with Crippen molar-refractivity contribution in [2.45, 2.75) is 70.2 Å². The molecular formula is C13H26N2O. The van der Waals surface area contributed by atoms with Crippen LogP contribution in [-0.4, -0.2) is 41.3 Å². The van der Waals surface area contributed by atoms with Gasteiger partial charge in [-0.05, 0) is 53.5 Å². The van der Waals surface area contributed by atoms with E-state index in [2.05, 4.69) is 32.6 Å². The highest BCUT2D eigenvalue weighted by molar-refractivity contribution is 5.01. The first kappa shape index (κ1) is 12.3. The second-order valence-electron chi connectivity index (χ2n) is 6.58. The van der Waals surface area contributed by atoms with Crippen molar-refractivity contribution in [1.82, 2.24) is 4.90 Å². The molecule has 2 unspecified atom stereocenters. The normalized spacial score (nSPS) is 38.8. The van der Waals surface area contributed by atoms with E-state index in [0.29, 0.717) is 12.1 Å². The fraction of sp³-hybridized carbons (Fsp3) is 1.00. The lowest BCUT2D eigenvalue weighted by molar-refractivity contribution is -0.0822. The van der Waals surface area contributed by atoms with Crippen molar-refractivity contribution < 1.29 is 4.74 Å². The average molecular weight is 226 g/mol. The summed E-state index contributed by atoms with van der Waals surface area (Å²) in [7, 11) is 0. The first-order valence-electron chi connectivity index (χ1n) is 6.50. The molecule has 0 aromatic heterocycles. The molecule has 16 heavy (non-hydrogen) atoms. The molecule has 2 fully saturated rings. The van der Waals surface area contributed by atoms with Gasteiger partial charge in [0.2, 0.25) is 0 Å². The summed E-state index contributed by atoms with van der Waals surface area (Å²) < 4.78 is 6.15. The van der Waals surface area contributed by atoms with Gasteiger partial charge in [0.1, 0.15) is 0 Å². The van der Waals surface area contributed by atoms with Gasteiger partial charge in [0.05, 0.1) is 11.2 Å². The minimum Gasteiger partial charge on any atom is -0.368 e. The third kappa shape index (κ3) is 2.41. The van der Waals surface area contributed by atoms with E-state index in [0.717, 1.165) is 13.0 Å². The van der Waals surface area contributed by atoms with Crippen LogP contribution in [0.15, 0.2) is 0 Å². The van der Waals surface area contributed by atoms with E-state index in [1.165, 1.54) is 19.4 Å². The molecule has 3 heteroatoms. The van der Waals surface area contributed by atoms with Crippen LogP contribution in [0, 0.1) is 0 Å². The van der Waals surface area contributed by atoms with Crippen molar-refractivity contribution in [2.24, 2.45) is 5.73 Å². The summed E-state index contributed by atoms with van der Waals surface area (Å²) in [6.45, 7) is 11.0. The molecule has 0 spiro atoms. The molecule has 2 rings (SSSR count). The number of hydrogen-bond donors (Lipinski definition) is 1. The van der Waals surface area contributed by atoms with Gasteiger partial charge in [0.25, 0.3) is 0 Å². The number of nitrogens with zero attached hydrogens (tertiary/aromatic N) is 1. The minimum atomic E-state index is -0.0411. The van der Waals surface area contributed by atoms with Crippen molar-refractivity contribution in [2.75, 3.05) is 13.1 Å². The Hall–Kier alpha value is -0.120. The Morgan fingerprint density at radius 2 is 1.94 bits per heavy atom. The molecule has 2 aliphatic rings. The summed E-state index contributed by atoms with van der Waals surface area (Å²) in [6, 6.07) is 0.877. The van der Waals surface area contributed by atoms with E-state index in [1.54, 1.807) is 0 Å². The quantitative estimate of drug-likeness (QED) is 0.740. The SMILES string of the molecule is CC1(C)CC(N2CCCC(N)C2)C(C)(C)O1. The van der Waals surface area contributed by atoms with E-state index in [4.69, 9.17) is 10.5 Å². The molecule has 3 nitrogen and oxygen atoms in total. The third-order valence-electron chi connectivity index (χ3n) is 3.96. The molecule has 2 heterocycles. The lowest BCUT2D eigenvalue weighted by atomic mass is 9.91. The number of nitrogens with two attached hydrogens (primary N) is 1. The minimum absolute atomic E-state index is 0.00963. The van der Waals surface area contributed by atoms with Crippen molar-refractivity contribution in [1.29, 1.82) is 0 Å². The second kappa shape index (κ2) is 3.97. The van der Waals surface area contributed by atoms with Crippen molar-refractivity contribution in [3.8, 4) is 0 Å². The molecule has 0 radical (unpaired) electrons. The van der Waals surface area contributed by atoms with Gasteiger partial charge in [0, 0.05) is 18.6 Å². The Kier molecular flexibility index (Phi) is 3.06. The monoisotopic (exact) mass is 226 g/mol. The molecule has 0 bridgehead atoms. The maximum atomic E-state index is 6.15. The Morgan fingerprint density at radius 1 is 1.25 bits per heavy atom. The smallest absolute Gasteiger partial charge is 0.0789 e. The van der Waals surface area contributed by atoms with Crippen LogP contribution in [0.5, 0.6) is 0 Å². The summed E-state index contributed by atoms with van der Waals surface area (Å²) >= 11 is 0. The summed E-state index contributed by atoms with van der Waals surface area (Å²) in [5, 5.41) is 0. The fourth-order valence-corrected chi connectivity index (χ4v) is 3.43. The van der Waals surface area contributed by atoms with Gasteiger partial charge in [-0.3, -0.25) is 4.90 Å². The zero-order valence-electron chi connectivity index (χ0n) is 11.1. The van der Waals surface area contributed by atoms with Crippen LogP contribution in [-0.2, 0) is 4.74 Å². The lowest BCUT2D eigenvalue weighted by Crippen LogP contribution is -2.53. The largest absolute Gasteiger partial charge is 0.368 e. The molecule has 2 aliphatic heterocycles. The Balaban J connectivity index is 2.08. The maximum Gasteiger partial charge on any atom is 0.0789 e. The first-order valence-corrected chi connectivity index (χ1v) is 6.50. The molecule has 0 aromatic carbocycles. The van der Waals surface area contributed by atoms with Crippen LogP contribution < -0.4 is 5.73 Å². The van der Waals surface area contributed by atoms with Crippen molar-refractivity contribution >= 4 is 0 Å². The Labute approximate surface area is 99.3 Å². The summed E-state index contributed by atoms with van der Waals surface area (Å²) in [6.07, 6.45) is 3.52. The van der Waals surface area contributed by atoms with Crippen LogP contribution in [0.1, 0.15) is 47.0 Å². The summed E-state index contributed by atoms with van der Waals surface area (Å²) in [5.74, 6) is 0. The molecule has 2 atom stereocenters. The number of ether oxygens (including phenoxy) is 1. The van der Waals surface area contributed by atoms with Gasteiger partial charge in [-0.15, -0.1) is 0 Å². The van der Waals surface area contributed by atoms with Gasteiger partial charge in [-0.1, -0.05) is 0 Å². The first-order chi connectivity index (χ1) is 7.30. The second-order valence-corrected chi connectivity index (χ2v) is 6.58. The predicted molar refractivity (Wildman–Crippen MR) is 66.4 cm³/mol. The van der Waals surface area contributed by atoms with Gasteiger partial charge < -0.3 is 10.5 Å². The van der Waals surface area contributed by atoms with Crippen LogP contribution in [0.3, 0.4) is 0 Å². The summed E-state index contributed by atoms with van der Waals surface area (Å²) in [4.78, 5) is 2.54. The van der Waals surface area contributed by atoms with E-state index in [-0.39, 0.29) is 11.2 Å². The van der Waals surface area contributed by atoms with Crippen molar-refractivity contribution in [3.05, 3.63) is 0 Å². The lowest BCUT2D eigenvalue weighted by Gasteiger charge is -2.40. The Bertz CT molecular complexity index is 263. The molecule has 2 saturated heterocycles. The Morgan fingerprint density at radius 3 is 2.44 bits per heavy atom. The standard InChI is InChI=1S/C13H26N2O/c1-12(2)8-11(13(3,4)16-12)15-7-5-6-10(14)9-15/h10-11H,5-9,14H2,1-4H3. The zero-order valence-corrected chi connectivity index (χ0v) is 11.1. The molecule has 0 aliphatic carbocycles. The highest BCUT2D eigenvalue weighted by Gasteiger charge is 2.48. The molecule has 0 amide bonds. The third-order valence-corrected chi connectivity index (χ3v) is 3.96. The fourth-order valence-electron chi connectivity index (χ4n) is 3.43. The van der Waals surface area contributed by atoms with Crippen LogP contribution >= 0.6 is 0 Å². The number of rotatable bonds is 1. The maximum absolute atomic E-state index is 6.15. The predicted octanol–water partition coefficient (Wildman–Crippen LogP) is 1.76. The van der Waals surface area contributed by atoms with Crippen LogP contribution in [0.25, 0.3) is 0 Å². The van der Waals surface area contributed by atoms with Crippen molar-refractivity contribution in [3.63, 3.8) is 0 Å². The molecular weight excluding hydrogens is 200 g/mol. The van der Waals surface area contributed by atoms with Gasteiger partial charge in [-0.25, -0.2) is 0 Å². The van der Waals surface area contributed by atoms with E-state index >= 15 is 0 Å². The summed E-state index contributed by atoms with van der Waals surface area (Å²) in [5.41, 5.74) is 6.03. The van der Waals surface area contributed by atoms with E-state index in [9.17, 15) is 0 Å². The van der Waals surface area contributed by atoms with Gasteiger partial charge in [0.15, 0.2) is 0 Å². The van der Waals surface area contributed by atoms with Crippen LogP contribution in [0.2, 0.25) is 0 Å². The molecule has 0 saturated carbocycles. The highest BCUT2D eigenvalue weighted by Crippen LogP contribution is 2.40. The molecule has 0 aromatic rings. The van der Waals surface area contributed by atoms with Gasteiger partial charge in [-0.2, -0.15) is 0 Å². The molecule has 94 valence electrons. The highest BCUT2D eigenvalue weighted by atomic mass is 16.5. The van der Waals surface area contributed by atoms with E-state index in [1.807, 2.05) is 0 Å². The number of likely N-dealkylation sites (tertiary alicyclic amines) is 1. The topological polar surface area (TPSA) is 38.5 Å². The molecule has 2 N–H and O–H groups in total. The number of hydrogen-bond acceptors (Lipinski definition) is 3. The van der Waals surface area contributed by atoms with Crippen LogP contribution in [0.4, 0.5) is 0 Å². The zero-order chi connectivity index (χ0) is 12.0. The average Bonchev–Trinajstić information content (AvgIpc) is 2.34. The van der Waals surface area contributed by atoms with E-state index < -0.39 is 0 Å². The van der Waals surface area contributed by atoms with Gasteiger partial charge >= 0.3 is 0 Å². The number of piperidine rings is 1.